The van der Waals surface area contributed by atoms with Crippen LogP contribution in [0.2, 0.25) is 0 Å². The van der Waals surface area contributed by atoms with Crippen molar-refractivity contribution >= 4 is 23.1 Å². The minimum Gasteiger partial charge on any atom is -0.494 e. The normalized spacial score (nSPS) is 11.4. The first-order valence-corrected chi connectivity index (χ1v) is 9.89. The maximum absolute atomic E-state index is 8.51. The fraction of sp³-hybridized carbons (Fsp3) is 0.286. The van der Waals surface area contributed by atoms with Crippen molar-refractivity contribution in [2.75, 3.05) is 6.61 Å². The summed E-state index contributed by atoms with van der Waals surface area (Å²) in [6.07, 6.45) is 5.14. The second-order valence-corrected chi connectivity index (χ2v) is 6.84. The van der Waals surface area contributed by atoms with E-state index in [1.807, 2.05) is 42.5 Å². The van der Waals surface area contributed by atoms with Gasteiger partial charge in [0.1, 0.15) is 5.75 Å². The van der Waals surface area contributed by atoms with Crippen LogP contribution >= 0.6 is 11.8 Å². The largest absolute Gasteiger partial charge is 0.494 e. The molecule has 2 aromatic rings. The topological polar surface area (TPSA) is 83.8 Å². The van der Waals surface area contributed by atoms with Crippen molar-refractivity contribution in [2.24, 2.45) is 15.9 Å². The van der Waals surface area contributed by atoms with E-state index >= 15 is 0 Å². The van der Waals surface area contributed by atoms with Crippen LogP contribution in [0, 0.1) is 11.3 Å². The number of benzene rings is 2. The van der Waals surface area contributed by atoms with Gasteiger partial charge in [-0.1, -0.05) is 54.2 Å². The molecule has 27 heavy (non-hydrogen) atoms. The van der Waals surface area contributed by atoms with Gasteiger partial charge in [-0.15, -0.1) is 5.10 Å². The van der Waals surface area contributed by atoms with E-state index in [-0.39, 0.29) is 0 Å². The lowest BCUT2D eigenvalue weighted by atomic mass is 10.2. The third-order valence-electron chi connectivity index (χ3n) is 3.65. The number of ether oxygens (including phenoxy) is 1. The first-order chi connectivity index (χ1) is 13.3. The van der Waals surface area contributed by atoms with E-state index in [0.717, 1.165) is 36.3 Å². The van der Waals surface area contributed by atoms with Crippen molar-refractivity contribution in [3.8, 4) is 11.8 Å². The van der Waals surface area contributed by atoms with Crippen LogP contribution in [0.4, 0.5) is 0 Å². The summed E-state index contributed by atoms with van der Waals surface area (Å²) in [4.78, 5) is 0. The van der Waals surface area contributed by atoms with Gasteiger partial charge in [0.25, 0.3) is 0 Å². The second-order valence-electron chi connectivity index (χ2n) is 5.85. The lowest BCUT2D eigenvalue weighted by Crippen LogP contribution is -2.06. The average Bonchev–Trinajstić information content (AvgIpc) is 2.70. The van der Waals surface area contributed by atoms with E-state index in [0.29, 0.717) is 18.2 Å². The van der Waals surface area contributed by atoms with E-state index in [9.17, 15) is 0 Å². The molecular weight excluding hydrogens is 356 g/mol. The van der Waals surface area contributed by atoms with Gasteiger partial charge < -0.3 is 10.5 Å². The summed E-state index contributed by atoms with van der Waals surface area (Å²) in [5.41, 5.74) is 7.99. The lowest BCUT2D eigenvalue weighted by Gasteiger charge is -2.06. The molecule has 140 valence electrons. The highest BCUT2D eigenvalue weighted by Gasteiger charge is 1.97. The summed E-state index contributed by atoms with van der Waals surface area (Å²) in [5.74, 6) is 1.57. The van der Waals surface area contributed by atoms with E-state index < -0.39 is 0 Å². The van der Waals surface area contributed by atoms with Gasteiger partial charge in [0.15, 0.2) is 5.17 Å². The third-order valence-corrected chi connectivity index (χ3v) is 4.51. The zero-order valence-corrected chi connectivity index (χ0v) is 16.1. The third kappa shape index (κ3) is 8.93. The van der Waals surface area contributed by atoms with Crippen LogP contribution in [-0.2, 0) is 5.75 Å². The zero-order valence-electron chi connectivity index (χ0n) is 15.3. The first kappa shape index (κ1) is 20.5. The maximum Gasteiger partial charge on any atom is 0.180 e. The summed E-state index contributed by atoms with van der Waals surface area (Å²) in [6, 6.07) is 19.9. The molecule has 0 aliphatic rings. The Kier molecular flexibility index (Phi) is 9.55. The molecule has 2 aromatic carbocycles. The van der Waals surface area contributed by atoms with Crippen LogP contribution in [0.25, 0.3) is 0 Å². The van der Waals surface area contributed by atoms with Crippen LogP contribution in [0.15, 0.2) is 64.8 Å². The highest BCUT2D eigenvalue weighted by molar-refractivity contribution is 8.13. The minimum absolute atomic E-state index is 0.430. The van der Waals surface area contributed by atoms with Crippen LogP contribution in [0.1, 0.15) is 36.8 Å². The molecule has 0 unspecified atom stereocenters. The maximum atomic E-state index is 8.51. The number of amidine groups is 1. The first-order valence-electron chi connectivity index (χ1n) is 8.91. The number of unbranched alkanes of at least 4 members (excludes halogenated alkanes) is 3. The molecular formula is C21H24N4OS. The van der Waals surface area contributed by atoms with Crippen molar-refractivity contribution < 1.29 is 4.74 Å². The number of nitrogens with zero attached hydrogens (tertiary/aromatic N) is 3. The fourth-order valence-corrected chi connectivity index (χ4v) is 2.88. The zero-order chi connectivity index (χ0) is 19.2. The van der Waals surface area contributed by atoms with Gasteiger partial charge in [0.05, 0.1) is 18.9 Å². The van der Waals surface area contributed by atoms with Gasteiger partial charge in [-0.05, 0) is 42.5 Å². The summed E-state index contributed by atoms with van der Waals surface area (Å²) in [5, 5.41) is 17.0. The summed E-state index contributed by atoms with van der Waals surface area (Å²) in [6.45, 7) is 0.646. The van der Waals surface area contributed by atoms with Gasteiger partial charge >= 0.3 is 0 Å². The van der Waals surface area contributed by atoms with Crippen molar-refractivity contribution in [3.05, 3.63) is 65.7 Å². The predicted octanol–water partition coefficient (Wildman–Crippen LogP) is 4.73. The van der Waals surface area contributed by atoms with E-state index in [2.05, 4.69) is 28.4 Å². The van der Waals surface area contributed by atoms with Crippen molar-refractivity contribution in [3.63, 3.8) is 0 Å². The van der Waals surface area contributed by atoms with Crippen molar-refractivity contribution in [1.82, 2.24) is 0 Å². The molecule has 0 bridgehead atoms. The second kappa shape index (κ2) is 12.6. The molecule has 0 aliphatic heterocycles. The number of nitrogens with two attached hydrogens (primary N) is 1. The number of hydrogen-bond acceptors (Lipinski definition) is 5. The molecule has 0 aliphatic carbocycles. The van der Waals surface area contributed by atoms with Gasteiger partial charge in [0, 0.05) is 12.2 Å². The van der Waals surface area contributed by atoms with Crippen molar-refractivity contribution in [1.29, 1.82) is 5.26 Å². The molecule has 0 fully saturated rings. The van der Waals surface area contributed by atoms with Crippen LogP contribution in [0.3, 0.4) is 0 Å². The Bertz CT molecular complexity index is 784. The lowest BCUT2D eigenvalue weighted by molar-refractivity contribution is 0.305. The molecule has 0 aromatic heterocycles. The Morgan fingerprint density at radius 2 is 1.96 bits per heavy atom. The standard InChI is InChI=1S/C21H24N4OS/c22-13-6-1-2-7-14-26-20-12-8-11-19(15-20)16-24-25-21(23)27-17-18-9-4-3-5-10-18/h3-5,8-12,15-16H,1-2,6-7,14,17H2,(H2,23,25). The summed E-state index contributed by atoms with van der Waals surface area (Å²) in [7, 11) is 0. The van der Waals surface area contributed by atoms with E-state index in [1.165, 1.54) is 17.3 Å². The number of thioether (sulfide) groups is 1. The molecule has 0 amide bonds. The molecule has 0 atom stereocenters. The quantitative estimate of drug-likeness (QED) is 0.279. The predicted molar refractivity (Wildman–Crippen MR) is 113 cm³/mol. The van der Waals surface area contributed by atoms with Gasteiger partial charge in [-0.25, -0.2) is 0 Å². The van der Waals surface area contributed by atoms with E-state index in [4.69, 9.17) is 15.7 Å². The summed E-state index contributed by atoms with van der Waals surface area (Å²) < 4.78 is 5.73. The number of hydrogen-bond donors (Lipinski definition) is 1. The number of nitriles is 1. The molecule has 0 radical (unpaired) electrons. The fourth-order valence-electron chi connectivity index (χ4n) is 2.27. The van der Waals surface area contributed by atoms with Gasteiger partial charge in [0.2, 0.25) is 0 Å². The molecule has 0 heterocycles. The molecule has 0 saturated carbocycles. The Morgan fingerprint density at radius 1 is 1.11 bits per heavy atom. The molecule has 0 spiro atoms. The molecule has 6 heteroatoms. The molecule has 2 rings (SSSR count). The Hall–Kier alpha value is -2.78. The molecule has 0 saturated heterocycles. The van der Waals surface area contributed by atoms with Gasteiger partial charge in [-0.2, -0.15) is 10.4 Å². The average molecular weight is 381 g/mol. The number of rotatable bonds is 10. The Morgan fingerprint density at radius 3 is 2.78 bits per heavy atom. The highest BCUT2D eigenvalue weighted by Crippen LogP contribution is 2.14. The van der Waals surface area contributed by atoms with Crippen molar-refractivity contribution in [2.45, 2.75) is 31.4 Å². The minimum atomic E-state index is 0.430. The molecule has 2 N–H and O–H groups in total. The van der Waals surface area contributed by atoms with Gasteiger partial charge in [-0.3, -0.25) is 0 Å². The highest BCUT2D eigenvalue weighted by atomic mass is 32.2. The monoisotopic (exact) mass is 380 g/mol. The van der Waals surface area contributed by atoms with Crippen LogP contribution in [0.5, 0.6) is 5.75 Å². The van der Waals surface area contributed by atoms with E-state index in [1.54, 1.807) is 6.21 Å². The Labute approximate surface area is 165 Å². The SMILES string of the molecule is N#CCCCCCOc1cccc(C=NN=C(N)SCc2ccccc2)c1. The Balaban J connectivity index is 1.76. The molecule has 5 nitrogen and oxygen atoms in total. The smallest absolute Gasteiger partial charge is 0.180 e. The summed E-state index contributed by atoms with van der Waals surface area (Å²) >= 11 is 1.46. The van der Waals surface area contributed by atoms with Crippen LogP contribution < -0.4 is 10.5 Å². The van der Waals surface area contributed by atoms with Crippen LogP contribution in [-0.4, -0.2) is 18.0 Å².